The largest absolute Gasteiger partial charge is 0.372 e. The van der Waals surface area contributed by atoms with Crippen LogP contribution in [0, 0.1) is 5.82 Å². The Balaban J connectivity index is 2.18. The van der Waals surface area contributed by atoms with Gasteiger partial charge in [0.2, 0.25) is 0 Å². The van der Waals surface area contributed by atoms with Crippen molar-refractivity contribution < 1.29 is 9.18 Å². The average molecular weight is 274 g/mol. The van der Waals surface area contributed by atoms with E-state index in [-0.39, 0.29) is 11.6 Å². The lowest BCUT2D eigenvalue weighted by molar-refractivity contribution is 0.0940. The topological polar surface area (TPSA) is 66.9 Å². The Bertz CT molecular complexity index is 603. The maximum Gasteiger partial charge on any atom is 0.255 e. The van der Waals surface area contributed by atoms with Gasteiger partial charge in [0, 0.05) is 19.4 Å². The summed E-state index contributed by atoms with van der Waals surface area (Å²) < 4.78 is 13.2. The summed E-state index contributed by atoms with van der Waals surface area (Å²) >= 11 is 0. The minimum atomic E-state index is -0.553. The van der Waals surface area contributed by atoms with Crippen LogP contribution in [-0.2, 0) is 0 Å². The highest BCUT2D eigenvalue weighted by Crippen LogP contribution is 2.16. The van der Waals surface area contributed by atoms with E-state index in [4.69, 9.17) is 0 Å². The number of rotatable bonds is 4. The first kappa shape index (κ1) is 13.9. The monoisotopic (exact) mass is 274 g/mol. The quantitative estimate of drug-likeness (QED) is 0.896. The molecule has 0 aromatic carbocycles. The predicted molar refractivity (Wildman–Crippen MR) is 73.9 cm³/mol. The molecule has 1 atom stereocenters. The van der Waals surface area contributed by atoms with Crippen molar-refractivity contribution in [2.75, 3.05) is 12.4 Å². The first-order valence-corrected chi connectivity index (χ1v) is 6.16. The number of hydrogen-bond donors (Lipinski definition) is 2. The summed E-state index contributed by atoms with van der Waals surface area (Å²) in [5, 5.41) is 5.55. The number of halogens is 1. The Kier molecular flexibility index (Phi) is 4.24. The molecule has 2 N–H and O–H groups in total. The number of nitrogens with one attached hydrogen (secondary N) is 2. The summed E-state index contributed by atoms with van der Waals surface area (Å²) in [7, 11) is 1.63. The molecule has 2 heterocycles. The number of amides is 1. The first-order chi connectivity index (χ1) is 9.61. The minimum absolute atomic E-state index is 0.170. The molecule has 0 saturated carbocycles. The van der Waals surface area contributed by atoms with Gasteiger partial charge in [-0.3, -0.25) is 9.78 Å². The summed E-state index contributed by atoms with van der Waals surface area (Å²) in [5.41, 5.74) is 1.04. The van der Waals surface area contributed by atoms with E-state index in [9.17, 15) is 9.18 Å². The molecule has 5 nitrogen and oxygen atoms in total. The Morgan fingerprint density at radius 1 is 1.40 bits per heavy atom. The van der Waals surface area contributed by atoms with Gasteiger partial charge in [-0.15, -0.1) is 0 Å². The fourth-order valence-electron chi connectivity index (χ4n) is 1.80. The molecule has 0 spiro atoms. The van der Waals surface area contributed by atoms with Crippen molar-refractivity contribution in [1.29, 1.82) is 0 Å². The van der Waals surface area contributed by atoms with Crippen LogP contribution in [-0.4, -0.2) is 22.9 Å². The normalized spacial score (nSPS) is 11.8. The van der Waals surface area contributed by atoms with Crippen LogP contribution in [0.25, 0.3) is 0 Å². The molecule has 6 heteroatoms. The molecular weight excluding hydrogens is 259 g/mol. The van der Waals surface area contributed by atoms with E-state index in [0.717, 1.165) is 17.8 Å². The molecule has 0 fully saturated rings. The molecule has 0 aliphatic rings. The molecule has 0 aliphatic carbocycles. The Hall–Kier alpha value is -2.50. The number of pyridine rings is 2. The molecule has 0 aliphatic heterocycles. The van der Waals surface area contributed by atoms with Crippen LogP contribution in [0.2, 0.25) is 0 Å². The van der Waals surface area contributed by atoms with Gasteiger partial charge in [0.1, 0.15) is 11.6 Å². The van der Waals surface area contributed by atoms with E-state index >= 15 is 0 Å². The van der Waals surface area contributed by atoms with E-state index < -0.39 is 11.7 Å². The lowest BCUT2D eigenvalue weighted by Crippen LogP contribution is -2.27. The Morgan fingerprint density at radius 3 is 2.85 bits per heavy atom. The van der Waals surface area contributed by atoms with Crippen molar-refractivity contribution in [2.24, 2.45) is 0 Å². The maximum absolute atomic E-state index is 13.2. The third kappa shape index (κ3) is 3.09. The summed E-state index contributed by atoms with van der Waals surface area (Å²) in [4.78, 5) is 20.0. The lowest BCUT2D eigenvalue weighted by Gasteiger charge is -2.15. The highest BCUT2D eigenvalue weighted by Gasteiger charge is 2.16. The van der Waals surface area contributed by atoms with Crippen molar-refractivity contribution in [1.82, 2.24) is 15.3 Å². The van der Waals surface area contributed by atoms with Gasteiger partial charge in [-0.25, -0.2) is 9.37 Å². The van der Waals surface area contributed by atoms with Crippen LogP contribution in [0.4, 0.5) is 10.2 Å². The van der Waals surface area contributed by atoms with E-state index in [0.29, 0.717) is 5.82 Å². The van der Waals surface area contributed by atoms with Crippen LogP contribution in [0.3, 0.4) is 0 Å². The Morgan fingerprint density at radius 2 is 2.20 bits per heavy atom. The number of carbonyl (C=O) groups excluding carboxylic acids is 1. The molecule has 20 heavy (non-hydrogen) atoms. The number of carbonyl (C=O) groups is 1. The van der Waals surface area contributed by atoms with Gasteiger partial charge in [-0.1, -0.05) is 6.07 Å². The van der Waals surface area contributed by atoms with Crippen molar-refractivity contribution >= 4 is 11.7 Å². The fourth-order valence-corrected chi connectivity index (χ4v) is 1.80. The second-order valence-electron chi connectivity index (χ2n) is 4.28. The van der Waals surface area contributed by atoms with E-state index in [1.54, 1.807) is 25.5 Å². The SMILES string of the molecule is CNc1ncc(F)cc1C(=O)NC(C)c1cccnc1. The van der Waals surface area contributed by atoms with Gasteiger partial charge < -0.3 is 10.6 Å². The molecule has 0 bridgehead atoms. The van der Waals surface area contributed by atoms with Crippen molar-refractivity contribution in [3.05, 3.63) is 53.7 Å². The summed E-state index contributed by atoms with van der Waals surface area (Å²) in [6.07, 6.45) is 4.40. The molecule has 2 rings (SSSR count). The van der Waals surface area contributed by atoms with Gasteiger partial charge in [0.25, 0.3) is 5.91 Å². The van der Waals surface area contributed by atoms with Gasteiger partial charge in [0.15, 0.2) is 0 Å². The van der Waals surface area contributed by atoms with Gasteiger partial charge in [0.05, 0.1) is 17.8 Å². The van der Waals surface area contributed by atoms with Crippen molar-refractivity contribution in [3.8, 4) is 0 Å². The molecule has 1 amide bonds. The van der Waals surface area contributed by atoms with Crippen LogP contribution < -0.4 is 10.6 Å². The van der Waals surface area contributed by atoms with E-state index in [1.165, 1.54) is 0 Å². The molecule has 104 valence electrons. The zero-order chi connectivity index (χ0) is 14.5. The fraction of sp³-hybridized carbons (Fsp3) is 0.214. The van der Waals surface area contributed by atoms with Gasteiger partial charge in [-0.05, 0) is 24.6 Å². The maximum atomic E-state index is 13.2. The smallest absolute Gasteiger partial charge is 0.255 e. The minimum Gasteiger partial charge on any atom is -0.372 e. The van der Waals surface area contributed by atoms with Crippen LogP contribution in [0.15, 0.2) is 36.8 Å². The van der Waals surface area contributed by atoms with Gasteiger partial charge >= 0.3 is 0 Å². The highest BCUT2D eigenvalue weighted by atomic mass is 19.1. The molecule has 2 aromatic rings. The highest BCUT2D eigenvalue weighted by molar-refractivity contribution is 5.98. The zero-order valence-electron chi connectivity index (χ0n) is 11.2. The standard InChI is InChI=1S/C14H15FN4O/c1-9(10-4-3-5-17-7-10)19-14(20)12-6-11(15)8-18-13(12)16-2/h3-9H,1-2H3,(H,16,18)(H,19,20). The Labute approximate surface area is 116 Å². The van der Waals surface area contributed by atoms with Crippen LogP contribution in [0.5, 0.6) is 0 Å². The van der Waals surface area contributed by atoms with Crippen LogP contribution in [0.1, 0.15) is 28.9 Å². The summed E-state index contributed by atoms with van der Waals surface area (Å²) in [6.45, 7) is 1.83. The third-order valence-corrected chi connectivity index (χ3v) is 2.87. The van der Waals surface area contributed by atoms with E-state index in [1.807, 2.05) is 13.0 Å². The second kappa shape index (κ2) is 6.10. The number of hydrogen-bond acceptors (Lipinski definition) is 4. The predicted octanol–water partition coefficient (Wildman–Crippen LogP) is 2.15. The molecular formula is C14H15FN4O. The first-order valence-electron chi connectivity index (χ1n) is 6.16. The molecule has 0 saturated heterocycles. The number of nitrogens with zero attached hydrogens (tertiary/aromatic N) is 2. The molecule has 1 unspecified atom stereocenters. The third-order valence-electron chi connectivity index (χ3n) is 2.87. The van der Waals surface area contributed by atoms with Gasteiger partial charge in [-0.2, -0.15) is 0 Å². The number of aromatic nitrogens is 2. The summed E-state index contributed by atoms with van der Waals surface area (Å²) in [5.74, 6) is -0.608. The average Bonchev–Trinajstić information content (AvgIpc) is 2.48. The lowest BCUT2D eigenvalue weighted by atomic mass is 10.1. The second-order valence-corrected chi connectivity index (χ2v) is 4.28. The molecule has 2 aromatic heterocycles. The molecule has 0 radical (unpaired) electrons. The number of anilines is 1. The van der Waals surface area contributed by atoms with Crippen molar-refractivity contribution in [3.63, 3.8) is 0 Å². The zero-order valence-corrected chi connectivity index (χ0v) is 11.2. The summed E-state index contributed by atoms with van der Waals surface area (Å²) in [6, 6.07) is 4.58. The van der Waals surface area contributed by atoms with Crippen LogP contribution >= 0.6 is 0 Å². The van der Waals surface area contributed by atoms with Crippen molar-refractivity contribution in [2.45, 2.75) is 13.0 Å². The van der Waals surface area contributed by atoms with E-state index in [2.05, 4.69) is 20.6 Å².